The van der Waals surface area contributed by atoms with Crippen molar-refractivity contribution >= 4 is 39.2 Å². The van der Waals surface area contributed by atoms with Crippen LogP contribution in [0.25, 0.3) is 21.9 Å². The van der Waals surface area contributed by atoms with E-state index in [4.69, 9.17) is 11.6 Å². The topological polar surface area (TPSA) is 97.6 Å². The van der Waals surface area contributed by atoms with Crippen LogP contribution >= 0.6 is 11.6 Å². The molecule has 8 heteroatoms. The molecule has 3 aromatic rings. The van der Waals surface area contributed by atoms with Crippen LogP contribution in [0, 0.1) is 10.1 Å². The van der Waals surface area contributed by atoms with Crippen molar-refractivity contribution in [3.05, 3.63) is 33.5 Å². The molecule has 2 aromatic heterocycles. The predicted molar refractivity (Wildman–Crippen MR) is 60.9 cm³/mol. The second-order valence-corrected chi connectivity index (χ2v) is 3.73. The monoisotopic (exact) mass is 249 g/mol. The molecule has 0 radical (unpaired) electrons. The molecule has 0 amide bonds. The number of nitro groups is 1. The summed E-state index contributed by atoms with van der Waals surface area (Å²) in [7, 11) is 0. The summed E-state index contributed by atoms with van der Waals surface area (Å²) in [4.78, 5) is 14.6. The van der Waals surface area contributed by atoms with E-state index in [9.17, 15) is 10.1 Å². The lowest BCUT2D eigenvalue weighted by atomic mass is 10.1. The van der Waals surface area contributed by atoms with Crippen LogP contribution in [-0.4, -0.2) is 25.3 Å². The molecule has 0 atom stereocenters. The molecular weight excluding hydrogens is 246 g/mol. The first kappa shape index (κ1) is 9.91. The lowest BCUT2D eigenvalue weighted by Crippen LogP contribution is -1.93. The van der Waals surface area contributed by atoms with Gasteiger partial charge in [-0.3, -0.25) is 20.2 Å². The van der Waals surface area contributed by atoms with E-state index in [-0.39, 0.29) is 21.7 Å². The fraction of sp³-hybridized carbons (Fsp3) is 0. The molecule has 0 saturated carbocycles. The first-order chi connectivity index (χ1) is 8.20. The number of non-ortho nitro benzene ring substituents is 1. The van der Waals surface area contributed by atoms with E-state index >= 15 is 0 Å². The van der Waals surface area contributed by atoms with Crippen molar-refractivity contribution in [3.63, 3.8) is 0 Å². The van der Waals surface area contributed by atoms with Crippen molar-refractivity contribution in [2.75, 3.05) is 0 Å². The van der Waals surface area contributed by atoms with E-state index in [0.29, 0.717) is 10.9 Å². The maximum atomic E-state index is 11.1. The summed E-state index contributed by atoms with van der Waals surface area (Å²) in [5.74, 6) is 0. The number of rotatable bonds is 1. The van der Waals surface area contributed by atoms with Gasteiger partial charge in [-0.2, -0.15) is 0 Å². The summed E-state index contributed by atoms with van der Waals surface area (Å²) < 4.78 is 0. The lowest BCUT2D eigenvalue weighted by molar-refractivity contribution is -0.381. The first-order valence-corrected chi connectivity index (χ1v) is 4.99. The van der Waals surface area contributed by atoms with Gasteiger partial charge in [-0.25, -0.2) is 0 Å². The van der Waals surface area contributed by atoms with E-state index in [1.165, 1.54) is 6.20 Å². The minimum absolute atomic E-state index is 0.113. The average molecular weight is 250 g/mol. The Labute approximate surface area is 98.6 Å². The molecule has 0 aliphatic rings. The first-order valence-electron chi connectivity index (χ1n) is 4.61. The third kappa shape index (κ3) is 1.26. The number of fused-ring (bicyclic) bond motifs is 2. The Hall–Kier alpha value is -2.28. The molecule has 17 heavy (non-hydrogen) atoms. The number of H-pyrrole nitrogens is 1. The number of nitro benzene ring substituents is 1. The minimum Gasteiger partial charge on any atom is -0.258 e. The maximum Gasteiger partial charge on any atom is 0.305 e. The number of hydrogen-bond acceptors (Lipinski definition) is 5. The Morgan fingerprint density at radius 2 is 2.24 bits per heavy atom. The SMILES string of the molecule is O=[N+]([O-])c1c2cccnc2c(Cl)c2nn[nH]c12. The third-order valence-electron chi connectivity index (χ3n) is 2.45. The second kappa shape index (κ2) is 3.36. The Kier molecular flexibility index (Phi) is 1.96. The summed E-state index contributed by atoms with van der Waals surface area (Å²) in [6, 6.07) is 3.20. The Balaban J connectivity index is 2.67. The van der Waals surface area contributed by atoms with Crippen molar-refractivity contribution in [2.24, 2.45) is 0 Å². The van der Waals surface area contributed by atoms with E-state index in [2.05, 4.69) is 20.4 Å². The molecule has 1 N–H and O–H groups in total. The summed E-state index contributed by atoms with van der Waals surface area (Å²) in [6.07, 6.45) is 1.52. The standard InChI is InChI=1S/C9H4ClN5O2/c10-5-6-4(2-1-3-11-6)9(15(16)17)8-7(5)12-14-13-8/h1-3H,(H,12,13,14). The number of benzene rings is 1. The van der Waals surface area contributed by atoms with Crippen LogP contribution in [0.5, 0.6) is 0 Å². The highest BCUT2D eigenvalue weighted by Gasteiger charge is 2.23. The van der Waals surface area contributed by atoms with Gasteiger partial charge in [0, 0.05) is 6.20 Å². The van der Waals surface area contributed by atoms with E-state index in [1.807, 2.05) is 0 Å². The highest BCUT2D eigenvalue weighted by Crippen LogP contribution is 2.36. The van der Waals surface area contributed by atoms with Gasteiger partial charge >= 0.3 is 5.69 Å². The number of aromatic amines is 1. The molecule has 0 fully saturated rings. The molecule has 3 rings (SSSR count). The van der Waals surface area contributed by atoms with Crippen LogP contribution in [0.15, 0.2) is 18.3 Å². The summed E-state index contributed by atoms with van der Waals surface area (Å²) in [5.41, 5.74) is 0.699. The molecule has 7 nitrogen and oxygen atoms in total. The second-order valence-electron chi connectivity index (χ2n) is 3.35. The van der Waals surface area contributed by atoms with Crippen LogP contribution < -0.4 is 0 Å². The molecule has 0 aliphatic carbocycles. The molecule has 1 aromatic carbocycles. The summed E-state index contributed by atoms with van der Waals surface area (Å²) in [5, 5.41) is 21.5. The van der Waals surface area contributed by atoms with Crippen LogP contribution in [0.3, 0.4) is 0 Å². The zero-order valence-corrected chi connectivity index (χ0v) is 8.97. The van der Waals surface area contributed by atoms with Crippen molar-refractivity contribution in [2.45, 2.75) is 0 Å². The van der Waals surface area contributed by atoms with Crippen molar-refractivity contribution in [3.8, 4) is 0 Å². The van der Waals surface area contributed by atoms with Crippen LogP contribution in [0.2, 0.25) is 5.02 Å². The maximum absolute atomic E-state index is 11.1. The fourth-order valence-corrected chi connectivity index (χ4v) is 2.04. The Morgan fingerprint density at radius 1 is 1.41 bits per heavy atom. The molecule has 0 unspecified atom stereocenters. The highest BCUT2D eigenvalue weighted by molar-refractivity contribution is 6.40. The van der Waals surface area contributed by atoms with E-state index in [0.717, 1.165) is 0 Å². The van der Waals surface area contributed by atoms with Gasteiger partial charge in [0.1, 0.15) is 5.52 Å². The quantitative estimate of drug-likeness (QED) is 0.526. The number of nitrogens with zero attached hydrogens (tertiary/aromatic N) is 4. The smallest absolute Gasteiger partial charge is 0.258 e. The van der Waals surface area contributed by atoms with E-state index < -0.39 is 4.92 Å². The number of hydrogen-bond donors (Lipinski definition) is 1. The van der Waals surface area contributed by atoms with Gasteiger partial charge in [0.25, 0.3) is 0 Å². The molecule has 84 valence electrons. The number of nitrogens with one attached hydrogen (secondary N) is 1. The van der Waals surface area contributed by atoms with Crippen LogP contribution in [0.1, 0.15) is 0 Å². The Bertz CT molecular complexity index is 754. The molecular formula is C9H4ClN5O2. The molecule has 0 spiro atoms. The number of pyridine rings is 1. The summed E-state index contributed by atoms with van der Waals surface area (Å²) in [6.45, 7) is 0. The summed E-state index contributed by atoms with van der Waals surface area (Å²) >= 11 is 6.08. The van der Waals surface area contributed by atoms with Gasteiger partial charge in [-0.1, -0.05) is 16.8 Å². The normalized spacial score (nSPS) is 11.1. The molecule has 0 bridgehead atoms. The van der Waals surface area contributed by atoms with Gasteiger partial charge in [0.15, 0.2) is 5.52 Å². The van der Waals surface area contributed by atoms with Crippen LogP contribution in [0.4, 0.5) is 5.69 Å². The van der Waals surface area contributed by atoms with E-state index in [1.54, 1.807) is 12.1 Å². The molecule has 0 saturated heterocycles. The van der Waals surface area contributed by atoms with Crippen LogP contribution in [-0.2, 0) is 0 Å². The van der Waals surface area contributed by atoms with Gasteiger partial charge in [0.05, 0.1) is 20.8 Å². The third-order valence-corrected chi connectivity index (χ3v) is 2.80. The minimum atomic E-state index is -0.497. The number of aromatic nitrogens is 4. The molecule has 2 heterocycles. The van der Waals surface area contributed by atoms with Crippen molar-refractivity contribution < 1.29 is 4.92 Å². The predicted octanol–water partition coefficient (Wildman–Crippen LogP) is 2.07. The van der Waals surface area contributed by atoms with Gasteiger partial charge in [-0.05, 0) is 12.1 Å². The molecule has 0 aliphatic heterocycles. The average Bonchev–Trinajstić information content (AvgIpc) is 2.78. The van der Waals surface area contributed by atoms with Gasteiger partial charge < -0.3 is 0 Å². The van der Waals surface area contributed by atoms with Crippen molar-refractivity contribution in [1.29, 1.82) is 0 Å². The van der Waals surface area contributed by atoms with Gasteiger partial charge in [0.2, 0.25) is 0 Å². The largest absolute Gasteiger partial charge is 0.305 e. The highest BCUT2D eigenvalue weighted by atomic mass is 35.5. The zero-order chi connectivity index (χ0) is 12.0. The van der Waals surface area contributed by atoms with Gasteiger partial charge in [-0.15, -0.1) is 5.10 Å². The number of halogens is 1. The Morgan fingerprint density at radius 3 is 3.00 bits per heavy atom. The fourth-order valence-electron chi connectivity index (χ4n) is 1.75. The van der Waals surface area contributed by atoms with Crippen molar-refractivity contribution in [1.82, 2.24) is 20.4 Å². The zero-order valence-electron chi connectivity index (χ0n) is 8.22. The lowest BCUT2D eigenvalue weighted by Gasteiger charge is -2.01.